The van der Waals surface area contributed by atoms with Crippen molar-refractivity contribution in [2.45, 2.75) is 0 Å². The van der Waals surface area contributed by atoms with Crippen LogP contribution in [0.3, 0.4) is 0 Å². The van der Waals surface area contributed by atoms with Gasteiger partial charge in [0.05, 0.1) is 10.5 Å². The van der Waals surface area contributed by atoms with Gasteiger partial charge in [0, 0.05) is 16.3 Å². The molecule has 3 aromatic rings. The fourth-order valence-corrected chi connectivity index (χ4v) is 2.58. The maximum absolute atomic E-state index is 12.2. The van der Waals surface area contributed by atoms with Gasteiger partial charge in [-0.15, -0.1) is 0 Å². The van der Waals surface area contributed by atoms with Crippen LogP contribution in [0, 0.1) is 10.1 Å². The van der Waals surface area contributed by atoms with Gasteiger partial charge in [-0.05, 0) is 42.5 Å². The standard InChI is InChI=1S/C18H13ClN6O5/c19-12-3-1-2-11(8-12)17(26)24-23-16-14(25(29)30)15(20-9-21-16)22-13-6-4-10(5-7-13)18(27)28/h1-9H,(H,24,26)(H,27,28)(H2,20,21,22,23). The number of carbonyl (C=O) groups is 2. The van der Waals surface area contributed by atoms with Gasteiger partial charge in [-0.25, -0.2) is 14.8 Å². The van der Waals surface area contributed by atoms with Crippen molar-refractivity contribution in [2.75, 3.05) is 10.7 Å². The molecule has 0 saturated carbocycles. The number of carboxylic acids is 1. The molecule has 152 valence electrons. The van der Waals surface area contributed by atoms with Gasteiger partial charge >= 0.3 is 11.7 Å². The number of rotatable bonds is 7. The highest BCUT2D eigenvalue weighted by Gasteiger charge is 2.24. The van der Waals surface area contributed by atoms with Crippen LogP contribution in [0.4, 0.5) is 23.0 Å². The minimum Gasteiger partial charge on any atom is -0.478 e. The van der Waals surface area contributed by atoms with Gasteiger partial charge in [-0.3, -0.25) is 25.8 Å². The summed E-state index contributed by atoms with van der Waals surface area (Å²) in [5.41, 5.74) is 4.87. The van der Waals surface area contributed by atoms with Gasteiger partial charge in [0.25, 0.3) is 5.91 Å². The lowest BCUT2D eigenvalue weighted by atomic mass is 10.2. The Bertz CT molecular complexity index is 1120. The van der Waals surface area contributed by atoms with E-state index in [0.29, 0.717) is 10.7 Å². The third-order valence-corrected chi connectivity index (χ3v) is 4.02. The maximum atomic E-state index is 12.2. The molecule has 30 heavy (non-hydrogen) atoms. The maximum Gasteiger partial charge on any atom is 0.355 e. The Morgan fingerprint density at radius 3 is 2.37 bits per heavy atom. The van der Waals surface area contributed by atoms with Gasteiger partial charge in [0.1, 0.15) is 6.33 Å². The number of aromatic carboxylic acids is 1. The van der Waals surface area contributed by atoms with Crippen molar-refractivity contribution in [1.82, 2.24) is 15.4 Å². The molecule has 1 heterocycles. The van der Waals surface area contributed by atoms with Gasteiger partial charge in [-0.2, -0.15) is 0 Å². The van der Waals surface area contributed by atoms with Gasteiger partial charge < -0.3 is 10.4 Å². The second kappa shape index (κ2) is 8.84. The molecular formula is C18H13ClN6O5. The first-order valence-corrected chi connectivity index (χ1v) is 8.64. The van der Waals surface area contributed by atoms with Crippen LogP contribution in [0.1, 0.15) is 20.7 Å². The third-order valence-electron chi connectivity index (χ3n) is 3.78. The quantitative estimate of drug-likeness (QED) is 0.327. The minimum atomic E-state index is -1.10. The van der Waals surface area contributed by atoms with Crippen LogP contribution < -0.4 is 16.2 Å². The minimum absolute atomic E-state index is 0.0591. The topological polar surface area (TPSA) is 159 Å². The lowest BCUT2D eigenvalue weighted by Gasteiger charge is -2.11. The molecule has 2 aromatic carbocycles. The lowest BCUT2D eigenvalue weighted by molar-refractivity contribution is -0.383. The summed E-state index contributed by atoms with van der Waals surface area (Å²) < 4.78 is 0. The molecule has 0 atom stereocenters. The Labute approximate surface area is 173 Å². The lowest BCUT2D eigenvalue weighted by Crippen LogP contribution is -2.30. The molecule has 1 aromatic heterocycles. The summed E-state index contributed by atoms with van der Waals surface area (Å²) in [6, 6.07) is 11.7. The van der Waals surface area contributed by atoms with Crippen LogP contribution in [-0.2, 0) is 0 Å². The zero-order chi connectivity index (χ0) is 21.7. The molecule has 0 aliphatic heterocycles. The Hall–Kier alpha value is -4.25. The summed E-state index contributed by atoms with van der Waals surface area (Å²) in [6.45, 7) is 0. The number of anilines is 3. The molecule has 0 saturated heterocycles. The SMILES string of the molecule is O=C(O)c1ccc(Nc2ncnc(NNC(=O)c3cccc(Cl)c3)c2[N+](=O)[O-])cc1. The van der Waals surface area contributed by atoms with Gasteiger partial charge in [0.2, 0.25) is 11.6 Å². The van der Waals surface area contributed by atoms with E-state index in [-0.39, 0.29) is 22.8 Å². The number of hydrazine groups is 1. The van der Waals surface area contributed by atoms with Crippen LogP contribution in [0.15, 0.2) is 54.9 Å². The smallest absolute Gasteiger partial charge is 0.355 e. The van der Waals surface area contributed by atoms with E-state index in [1.807, 2.05) is 0 Å². The monoisotopic (exact) mass is 428 g/mol. The average Bonchev–Trinajstić information content (AvgIpc) is 2.72. The molecule has 3 rings (SSSR count). The average molecular weight is 429 g/mol. The van der Waals surface area contributed by atoms with E-state index in [0.717, 1.165) is 6.33 Å². The van der Waals surface area contributed by atoms with Crippen LogP contribution in [0.25, 0.3) is 0 Å². The zero-order valence-electron chi connectivity index (χ0n) is 15.0. The number of amides is 1. The van der Waals surface area contributed by atoms with Crippen molar-refractivity contribution in [2.24, 2.45) is 0 Å². The summed E-state index contributed by atoms with van der Waals surface area (Å²) in [5.74, 6) is -2.09. The Morgan fingerprint density at radius 2 is 1.73 bits per heavy atom. The fraction of sp³-hybridized carbons (Fsp3) is 0. The largest absolute Gasteiger partial charge is 0.478 e. The van der Waals surface area contributed by atoms with Crippen molar-refractivity contribution in [3.8, 4) is 0 Å². The van der Waals surface area contributed by atoms with Crippen LogP contribution in [0.5, 0.6) is 0 Å². The number of carboxylic acid groups (broad SMARTS) is 1. The van der Waals surface area contributed by atoms with E-state index in [9.17, 15) is 19.7 Å². The predicted molar refractivity (Wildman–Crippen MR) is 108 cm³/mol. The van der Waals surface area contributed by atoms with E-state index >= 15 is 0 Å². The van der Waals surface area contributed by atoms with Crippen molar-refractivity contribution < 1.29 is 19.6 Å². The number of carbonyl (C=O) groups excluding carboxylic acids is 1. The van der Waals surface area contributed by atoms with Crippen LogP contribution in [-0.4, -0.2) is 31.9 Å². The second-order valence-electron chi connectivity index (χ2n) is 5.77. The van der Waals surface area contributed by atoms with E-state index in [1.165, 1.54) is 36.4 Å². The molecule has 0 radical (unpaired) electrons. The van der Waals surface area contributed by atoms with E-state index in [2.05, 4.69) is 26.1 Å². The first-order valence-electron chi connectivity index (χ1n) is 8.27. The molecule has 4 N–H and O–H groups in total. The molecule has 0 aliphatic carbocycles. The van der Waals surface area contributed by atoms with Crippen LogP contribution >= 0.6 is 11.6 Å². The first kappa shape index (κ1) is 20.5. The highest BCUT2D eigenvalue weighted by Crippen LogP contribution is 2.30. The number of hydrogen-bond acceptors (Lipinski definition) is 8. The number of hydrogen-bond donors (Lipinski definition) is 4. The van der Waals surface area contributed by atoms with Crippen LogP contribution in [0.2, 0.25) is 5.02 Å². The molecule has 0 spiro atoms. The molecule has 12 heteroatoms. The molecule has 0 bridgehead atoms. The molecule has 0 unspecified atom stereocenters. The van der Waals surface area contributed by atoms with Crippen molar-refractivity contribution in [3.63, 3.8) is 0 Å². The third kappa shape index (κ3) is 4.77. The summed E-state index contributed by atoms with van der Waals surface area (Å²) in [6.07, 6.45) is 1.06. The number of nitrogens with one attached hydrogen (secondary N) is 3. The van der Waals surface area contributed by atoms with Crippen molar-refractivity contribution in [1.29, 1.82) is 0 Å². The number of aromatic nitrogens is 2. The van der Waals surface area contributed by atoms with Gasteiger partial charge in [0.15, 0.2) is 0 Å². The fourth-order valence-electron chi connectivity index (χ4n) is 2.39. The summed E-state index contributed by atoms with van der Waals surface area (Å²) >= 11 is 5.85. The summed E-state index contributed by atoms with van der Waals surface area (Å²) in [5, 5.41) is 23.6. The number of nitrogens with zero attached hydrogens (tertiary/aromatic N) is 3. The van der Waals surface area contributed by atoms with E-state index in [4.69, 9.17) is 16.7 Å². The number of nitro groups is 1. The Morgan fingerprint density at radius 1 is 1.03 bits per heavy atom. The highest BCUT2D eigenvalue weighted by atomic mass is 35.5. The highest BCUT2D eigenvalue weighted by molar-refractivity contribution is 6.30. The normalized spacial score (nSPS) is 10.2. The predicted octanol–water partition coefficient (Wildman–Crippen LogP) is 3.24. The van der Waals surface area contributed by atoms with E-state index < -0.39 is 22.5 Å². The second-order valence-corrected chi connectivity index (χ2v) is 6.21. The Balaban J connectivity index is 1.81. The molecule has 0 aliphatic rings. The van der Waals surface area contributed by atoms with Crippen molar-refractivity contribution >= 4 is 46.5 Å². The molecule has 0 fully saturated rings. The number of benzene rings is 2. The molecular weight excluding hydrogens is 416 g/mol. The van der Waals surface area contributed by atoms with E-state index in [1.54, 1.807) is 12.1 Å². The van der Waals surface area contributed by atoms with Crippen molar-refractivity contribution in [3.05, 3.63) is 81.1 Å². The zero-order valence-corrected chi connectivity index (χ0v) is 15.8. The first-order chi connectivity index (χ1) is 14.3. The summed E-state index contributed by atoms with van der Waals surface area (Å²) in [7, 11) is 0. The van der Waals surface area contributed by atoms with Gasteiger partial charge in [-0.1, -0.05) is 17.7 Å². The Kier molecular flexibility index (Phi) is 6.03. The number of halogens is 1. The molecule has 1 amide bonds. The summed E-state index contributed by atoms with van der Waals surface area (Å²) in [4.78, 5) is 41.6. The molecule has 11 nitrogen and oxygen atoms in total.